The van der Waals surface area contributed by atoms with Crippen LogP contribution >= 0.6 is 11.6 Å². The SMILES string of the molecule is CC(N)c1c(Cl)cccc1N(C)C. The van der Waals surface area contributed by atoms with E-state index in [9.17, 15) is 0 Å². The smallest absolute Gasteiger partial charge is 0.0474 e. The molecule has 0 fully saturated rings. The second-order valence-corrected chi connectivity index (χ2v) is 3.76. The Hall–Kier alpha value is -0.730. The van der Waals surface area contributed by atoms with Gasteiger partial charge in [-0.05, 0) is 19.1 Å². The largest absolute Gasteiger partial charge is 0.377 e. The first-order valence-electron chi connectivity index (χ1n) is 4.25. The van der Waals surface area contributed by atoms with Gasteiger partial charge >= 0.3 is 0 Å². The maximum atomic E-state index is 6.06. The molecule has 0 aromatic heterocycles. The highest BCUT2D eigenvalue weighted by Crippen LogP contribution is 2.30. The average molecular weight is 199 g/mol. The van der Waals surface area contributed by atoms with Crippen molar-refractivity contribution in [3.63, 3.8) is 0 Å². The Balaban J connectivity index is 3.26. The van der Waals surface area contributed by atoms with Crippen molar-refractivity contribution < 1.29 is 0 Å². The lowest BCUT2D eigenvalue weighted by atomic mass is 10.1. The first kappa shape index (κ1) is 10.4. The second-order valence-electron chi connectivity index (χ2n) is 3.36. The number of hydrogen-bond acceptors (Lipinski definition) is 2. The molecular weight excluding hydrogens is 184 g/mol. The Morgan fingerprint density at radius 3 is 2.38 bits per heavy atom. The fourth-order valence-corrected chi connectivity index (χ4v) is 1.71. The molecule has 0 aliphatic rings. The van der Waals surface area contributed by atoms with Crippen LogP contribution in [0.3, 0.4) is 0 Å². The molecular formula is C10H15ClN2. The molecule has 0 amide bonds. The third-order valence-corrected chi connectivity index (χ3v) is 2.30. The molecule has 0 radical (unpaired) electrons. The van der Waals surface area contributed by atoms with Crippen LogP contribution in [0, 0.1) is 0 Å². The second kappa shape index (κ2) is 3.99. The summed E-state index contributed by atoms with van der Waals surface area (Å²) in [4.78, 5) is 2.02. The van der Waals surface area contributed by atoms with Crippen molar-refractivity contribution >= 4 is 17.3 Å². The number of anilines is 1. The van der Waals surface area contributed by atoms with E-state index in [0.717, 1.165) is 16.3 Å². The van der Waals surface area contributed by atoms with Crippen LogP contribution in [-0.4, -0.2) is 14.1 Å². The van der Waals surface area contributed by atoms with Gasteiger partial charge in [0.25, 0.3) is 0 Å². The van der Waals surface area contributed by atoms with E-state index >= 15 is 0 Å². The van der Waals surface area contributed by atoms with Crippen molar-refractivity contribution in [1.82, 2.24) is 0 Å². The van der Waals surface area contributed by atoms with Crippen molar-refractivity contribution in [2.75, 3.05) is 19.0 Å². The van der Waals surface area contributed by atoms with Crippen molar-refractivity contribution in [2.24, 2.45) is 5.73 Å². The van der Waals surface area contributed by atoms with E-state index in [1.165, 1.54) is 0 Å². The lowest BCUT2D eigenvalue weighted by Crippen LogP contribution is -2.15. The molecule has 0 bridgehead atoms. The van der Waals surface area contributed by atoms with Crippen LogP contribution in [0.1, 0.15) is 18.5 Å². The van der Waals surface area contributed by atoms with E-state index in [2.05, 4.69) is 0 Å². The fourth-order valence-electron chi connectivity index (χ4n) is 1.37. The molecule has 0 heterocycles. The molecule has 1 aromatic rings. The van der Waals surface area contributed by atoms with Gasteiger partial charge in [-0.2, -0.15) is 0 Å². The van der Waals surface area contributed by atoms with Gasteiger partial charge in [-0.3, -0.25) is 0 Å². The Morgan fingerprint density at radius 2 is 2.00 bits per heavy atom. The molecule has 72 valence electrons. The summed E-state index contributed by atoms with van der Waals surface area (Å²) in [5, 5.41) is 0.737. The van der Waals surface area contributed by atoms with Gasteiger partial charge in [-0.25, -0.2) is 0 Å². The van der Waals surface area contributed by atoms with Crippen molar-refractivity contribution in [3.05, 3.63) is 28.8 Å². The van der Waals surface area contributed by atoms with Crippen LogP contribution in [-0.2, 0) is 0 Å². The highest BCUT2D eigenvalue weighted by Gasteiger charge is 2.11. The molecule has 1 rings (SSSR count). The maximum Gasteiger partial charge on any atom is 0.0474 e. The van der Waals surface area contributed by atoms with Gasteiger partial charge in [0.05, 0.1) is 0 Å². The average Bonchev–Trinajstić information content (AvgIpc) is 2.02. The molecule has 2 N–H and O–H groups in total. The zero-order valence-electron chi connectivity index (χ0n) is 8.21. The van der Waals surface area contributed by atoms with Crippen LogP contribution < -0.4 is 10.6 Å². The van der Waals surface area contributed by atoms with Crippen LogP contribution in [0.2, 0.25) is 5.02 Å². The topological polar surface area (TPSA) is 29.3 Å². The Morgan fingerprint density at radius 1 is 1.38 bits per heavy atom. The van der Waals surface area contributed by atoms with Gasteiger partial charge in [-0.15, -0.1) is 0 Å². The minimum atomic E-state index is -0.0360. The number of nitrogens with zero attached hydrogens (tertiary/aromatic N) is 1. The van der Waals surface area contributed by atoms with Crippen LogP contribution in [0.4, 0.5) is 5.69 Å². The first-order valence-corrected chi connectivity index (χ1v) is 4.63. The van der Waals surface area contributed by atoms with Crippen LogP contribution in [0.5, 0.6) is 0 Å². The van der Waals surface area contributed by atoms with E-state index in [4.69, 9.17) is 17.3 Å². The molecule has 0 aliphatic heterocycles. The van der Waals surface area contributed by atoms with Gasteiger partial charge in [0.2, 0.25) is 0 Å². The quantitative estimate of drug-likeness (QED) is 0.791. The lowest BCUT2D eigenvalue weighted by molar-refractivity contribution is 0.813. The summed E-state index contributed by atoms with van der Waals surface area (Å²) in [5.41, 5.74) is 7.94. The highest BCUT2D eigenvalue weighted by atomic mass is 35.5. The van der Waals surface area contributed by atoms with Gasteiger partial charge in [0.1, 0.15) is 0 Å². The predicted molar refractivity (Wildman–Crippen MR) is 58.4 cm³/mol. The van der Waals surface area contributed by atoms with E-state index in [-0.39, 0.29) is 6.04 Å². The number of nitrogens with two attached hydrogens (primary N) is 1. The molecule has 1 atom stereocenters. The molecule has 1 aromatic carbocycles. The third kappa shape index (κ3) is 2.14. The summed E-state index contributed by atoms with van der Waals surface area (Å²) in [6.07, 6.45) is 0. The van der Waals surface area contributed by atoms with Crippen molar-refractivity contribution in [2.45, 2.75) is 13.0 Å². The van der Waals surface area contributed by atoms with Gasteiger partial charge in [-0.1, -0.05) is 17.7 Å². The molecule has 0 spiro atoms. The summed E-state index contributed by atoms with van der Waals surface area (Å²) in [5.74, 6) is 0. The summed E-state index contributed by atoms with van der Waals surface area (Å²) in [6, 6.07) is 5.78. The molecule has 0 saturated carbocycles. The normalized spacial score (nSPS) is 12.7. The summed E-state index contributed by atoms with van der Waals surface area (Å²) >= 11 is 6.06. The zero-order valence-corrected chi connectivity index (χ0v) is 8.97. The Labute approximate surface area is 84.3 Å². The molecule has 0 saturated heterocycles. The minimum Gasteiger partial charge on any atom is -0.377 e. The Bertz CT molecular complexity index is 295. The molecule has 1 unspecified atom stereocenters. The molecule has 3 heteroatoms. The minimum absolute atomic E-state index is 0.0360. The number of halogens is 1. The lowest BCUT2D eigenvalue weighted by Gasteiger charge is -2.20. The molecule has 2 nitrogen and oxygen atoms in total. The first-order chi connectivity index (χ1) is 6.04. The van der Waals surface area contributed by atoms with E-state index < -0.39 is 0 Å². The highest BCUT2D eigenvalue weighted by molar-refractivity contribution is 6.31. The Kier molecular flexibility index (Phi) is 3.17. The summed E-state index contributed by atoms with van der Waals surface area (Å²) < 4.78 is 0. The fraction of sp³-hybridized carbons (Fsp3) is 0.400. The molecule has 13 heavy (non-hydrogen) atoms. The monoisotopic (exact) mass is 198 g/mol. The van der Waals surface area contributed by atoms with Gasteiger partial charge < -0.3 is 10.6 Å². The molecule has 0 aliphatic carbocycles. The van der Waals surface area contributed by atoms with Crippen LogP contribution in [0.25, 0.3) is 0 Å². The number of rotatable bonds is 2. The van der Waals surface area contributed by atoms with Gasteiger partial charge in [0, 0.05) is 36.4 Å². The maximum absolute atomic E-state index is 6.06. The van der Waals surface area contributed by atoms with Gasteiger partial charge in [0.15, 0.2) is 0 Å². The summed E-state index contributed by atoms with van der Waals surface area (Å²) in [7, 11) is 3.97. The van der Waals surface area contributed by atoms with Crippen molar-refractivity contribution in [3.8, 4) is 0 Å². The van der Waals surface area contributed by atoms with E-state index in [1.54, 1.807) is 0 Å². The van der Waals surface area contributed by atoms with E-state index in [0.29, 0.717) is 0 Å². The number of benzene rings is 1. The third-order valence-electron chi connectivity index (χ3n) is 1.97. The standard InChI is InChI=1S/C10H15ClN2/c1-7(12)10-8(11)5-4-6-9(10)13(2)3/h4-7H,12H2,1-3H3. The predicted octanol–water partition coefficient (Wildman–Crippen LogP) is 2.43. The number of hydrogen-bond donors (Lipinski definition) is 1. The van der Waals surface area contributed by atoms with Crippen molar-refractivity contribution in [1.29, 1.82) is 0 Å². The van der Waals surface area contributed by atoms with Crippen LogP contribution in [0.15, 0.2) is 18.2 Å². The van der Waals surface area contributed by atoms with E-state index in [1.807, 2.05) is 44.1 Å². The zero-order chi connectivity index (χ0) is 10.0. The summed E-state index contributed by atoms with van der Waals surface area (Å²) in [6.45, 7) is 1.94.